The molecule has 22 heavy (non-hydrogen) atoms. The molecule has 0 aliphatic rings. The molecule has 3 nitrogen and oxygen atoms in total. The van der Waals surface area contributed by atoms with Crippen molar-refractivity contribution in [2.45, 2.75) is 0 Å². The van der Waals surface area contributed by atoms with Crippen LogP contribution in [0, 0.1) is 0 Å². The highest BCUT2D eigenvalue weighted by Gasteiger charge is 2.01. The molecule has 0 aliphatic heterocycles. The molecular formula is C15H9Br4N3. The van der Waals surface area contributed by atoms with Gasteiger partial charge in [0, 0.05) is 0 Å². The van der Waals surface area contributed by atoms with Gasteiger partial charge in [-0.1, -0.05) is 18.2 Å². The van der Waals surface area contributed by atoms with E-state index < -0.39 is 0 Å². The van der Waals surface area contributed by atoms with Crippen LogP contribution < -0.4 is 0 Å². The smallest absolute Gasteiger partial charge is 0.107 e. The molecule has 0 amide bonds. The van der Waals surface area contributed by atoms with Crippen molar-refractivity contribution < 1.29 is 0 Å². The highest BCUT2D eigenvalue weighted by Crippen LogP contribution is 2.18. The van der Waals surface area contributed by atoms with E-state index in [-0.39, 0.29) is 0 Å². The molecule has 3 aromatic rings. The lowest BCUT2D eigenvalue weighted by Crippen LogP contribution is -1.87. The van der Waals surface area contributed by atoms with Gasteiger partial charge in [-0.05, 0) is 100 Å². The first-order chi connectivity index (χ1) is 10.5. The molecule has 0 unspecified atom stereocenters. The Morgan fingerprint density at radius 3 is 1.05 bits per heavy atom. The first-order valence-electron chi connectivity index (χ1n) is 6.08. The number of pyridine rings is 3. The summed E-state index contributed by atoms with van der Waals surface area (Å²) in [5.41, 5.74) is 1.72. The predicted octanol–water partition coefficient (Wildman–Crippen LogP) is 6.28. The van der Waals surface area contributed by atoms with Gasteiger partial charge in [0.05, 0.1) is 11.4 Å². The first-order valence-corrected chi connectivity index (χ1v) is 9.25. The molecule has 0 radical (unpaired) electrons. The van der Waals surface area contributed by atoms with Crippen LogP contribution in [0.15, 0.2) is 73.0 Å². The van der Waals surface area contributed by atoms with Crippen molar-refractivity contribution in [2.75, 3.05) is 0 Å². The number of rotatable bonds is 1. The van der Waals surface area contributed by atoms with Crippen LogP contribution in [0.5, 0.6) is 0 Å². The maximum absolute atomic E-state index is 4.32. The van der Waals surface area contributed by atoms with Crippen molar-refractivity contribution in [3.8, 4) is 11.4 Å². The van der Waals surface area contributed by atoms with Crippen molar-refractivity contribution >= 4 is 63.7 Å². The number of hydrogen-bond donors (Lipinski definition) is 0. The van der Waals surface area contributed by atoms with E-state index in [1.165, 1.54) is 0 Å². The molecule has 7 heteroatoms. The predicted molar refractivity (Wildman–Crippen MR) is 103 cm³/mol. The van der Waals surface area contributed by atoms with Gasteiger partial charge in [0.2, 0.25) is 0 Å². The highest BCUT2D eigenvalue weighted by molar-refractivity contribution is 9.11. The van der Waals surface area contributed by atoms with Gasteiger partial charge in [-0.2, -0.15) is 0 Å². The van der Waals surface area contributed by atoms with Crippen LogP contribution >= 0.6 is 63.7 Å². The van der Waals surface area contributed by atoms with E-state index in [0.717, 1.165) is 29.8 Å². The molecule has 112 valence electrons. The minimum atomic E-state index is 0.816. The summed E-state index contributed by atoms with van der Waals surface area (Å²) in [6.07, 6.45) is 0. The van der Waals surface area contributed by atoms with Gasteiger partial charge < -0.3 is 0 Å². The normalized spacial score (nSPS) is 9.82. The van der Waals surface area contributed by atoms with Crippen LogP contribution in [0.1, 0.15) is 0 Å². The quantitative estimate of drug-likeness (QED) is 0.335. The lowest BCUT2D eigenvalue weighted by Gasteiger charge is -2.00. The molecule has 0 atom stereocenters. The van der Waals surface area contributed by atoms with E-state index >= 15 is 0 Å². The van der Waals surface area contributed by atoms with Gasteiger partial charge in [0.25, 0.3) is 0 Å². The molecule has 0 saturated heterocycles. The second-order valence-corrected chi connectivity index (χ2v) is 7.22. The molecule has 3 aromatic heterocycles. The average molecular weight is 551 g/mol. The van der Waals surface area contributed by atoms with Gasteiger partial charge in [-0.25, -0.2) is 15.0 Å². The minimum Gasteiger partial charge on any atom is -0.239 e. The van der Waals surface area contributed by atoms with E-state index in [2.05, 4.69) is 78.7 Å². The van der Waals surface area contributed by atoms with E-state index in [0.29, 0.717) is 0 Å². The van der Waals surface area contributed by atoms with E-state index in [4.69, 9.17) is 0 Å². The lowest BCUT2D eigenvalue weighted by atomic mass is 10.2. The summed E-state index contributed by atoms with van der Waals surface area (Å²) >= 11 is 13.1. The van der Waals surface area contributed by atoms with Crippen LogP contribution in [0.2, 0.25) is 0 Å². The highest BCUT2D eigenvalue weighted by atomic mass is 79.9. The van der Waals surface area contributed by atoms with Gasteiger partial charge in [0.1, 0.15) is 18.4 Å². The molecule has 3 heterocycles. The Balaban J connectivity index is 0.000000188. The van der Waals surface area contributed by atoms with Crippen molar-refractivity contribution in [3.63, 3.8) is 0 Å². The Morgan fingerprint density at radius 2 is 0.773 bits per heavy atom. The van der Waals surface area contributed by atoms with Crippen molar-refractivity contribution in [1.29, 1.82) is 0 Å². The Labute approximate surface area is 162 Å². The Bertz CT molecular complexity index is 704. The topological polar surface area (TPSA) is 38.7 Å². The average Bonchev–Trinajstić information content (AvgIpc) is 2.48. The molecule has 0 fully saturated rings. The summed E-state index contributed by atoms with van der Waals surface area (Å²) in [4.78, 5) is 12.6. The summed E-state index contributed by atoms with van der Waals surface area (Å²) in [5, 5.41) is 0. The Hall–Kier alpha value is -0.630. The first kappa shape index (κ1) is 17.7. The van der Waals surface area contributed by atoms with Crippen LogP contribution in [-0.4, -0.2) is 15.0 Å². The fraction of sp³-hybridized carbons (Fsp3) is 0. The Kier molecular flexibility index (Phi) is 7.14. The monoisotopic (exact) mass is 547 g/mol. The van der Waals surface area contributed by atoms with Gasteiger partial charge in [-0.3, -0.25) is 0 Å². The van der Waals surface area contributed by atoms with E-state index in [1.807, 2.05) is 54.6 Å². The van der Waals surface area contributed by atoms with Gasteiger partial charge >= 0.3 is 0 Å². The molecule has 0 N–H and O–H groups in total. The molecule has 0 saturated carbocycles. The summed E-state index contributed by atoms with van der Waals surface area (Å²) in [5.74, 6) is 0. The van der Waals surface area contributed by atoms with Crippen molar-refractivity contribution in [2.24, 2.45) is 0 Å². The minimum absolute atomic E-state index is 0.816. The van der Waals surface area contributed by atoms with Crippen molar-refractivity contribution in [3.05, 3.63) is 73.0 Å². The lowest BCUT2D eigenvalue weighted by molar-refractivity contribution is 1.20. The largest absolute Gasteiger partial charge is 0.239 e. The zero-order valence-electron chi connectivity index (χ0n) is 11.0. The summed E-state index contributed by atoms with van der Waals surface area (Å²) < 4.78 is 3.34. The summed E-state index contributed by atoms with van der Waals surface area (Å²) in [6, 6.07) is 17.2. The van der Waals surface area contributed by atoms with Gasteiger partial charge in [-0.15, -0.1) is 0 Å². The van der Waals surface area contributed by atoms with Crippen molar-refractivity contribution in [1.82, 2.24) is 15.0 Å². The fourth-order valence-electron chi connectivity index (χ4n) is 1.49. The molecule has 0 aliphatic carbocycles. The van der Waals surface area contributed by atoms with Crippen LogP contribution in [0.4, 0.5) is 0 Å². The van der Waals surface area contributed by atoms with E-state index in [1.54, 1.807) is 0 Å². The zero-order chi connectivity index (χ0) is 15.9. The second-order valence-electron chi connectivity index (χ2n) is 3.97. The number of halogens is 4. The molecule has 0 bridgehead atoms. The number of aromatic nitrogens is 3. The van der Waals surface area contributed by atoms with Crippen LogP contribution in [0.3, 0.4) is 0 Å². The fourth-order valence-corrected chi connectivity index (χ4v) is 3.10. The molecule has 0 spiro atoms. The van der Waals surface area contributed by atoms with Gasteiger partial charge in [0.15, 0.2) is 0 Å². The molecule has 3 rings (SSSR count). The molecule has 0 aromatic carbocycles. The Morgan fingerprint density at radius 1 is 0.455 bits per heavy atom. The number of nitrogens with zero attached hydrogens (tertiary/aromatic N) is 3. The third kappa shape index (κ3) is 5.87. The van der Waals surface area contributed by atoms with Crippen LogP contribution in [0.25, 0.3) is 11.4 Å². The van der Waals surface area contributed by atoms with E-state index in [9.17, 15) is 0 Å². The standard InChI is InChI=1S/C10H6Br2N2.C5H3Br2N/c11-9-5-1-3-7(13-9)8-4-2-6-10(12)14-8;6-4-2-1-3-5(7)8-4/h1-6H;1-3H. The summed E-state index contributed by atoms with van der Waals surface area (Å²) in [6.45, 7) is 0. The third-order valence-electron chi connectivity index (χ3n) is 2.37. The zero-order valence-corrected chi connectivity index (χ0v) is 17.4. The second kappa shape index (κ2) is 8.86. The van der Waals surface area contributed by atoms with Crippen LogP contribution in [-0.2, 0) is 0 Å². The molecular weight excluding hydrogens is 542 g/mol. The maximum Gasteiger partial charge on any atom is 0.107 e. The number of hydrogen-bond acceptors (Lipinski definition) is 3. The maximum atomic E-state index is 4.32. The third-order valence-corrected chi connectivity index (χ3v) is 4.14. The SMILES string of the molecule is Brc1cccc(-c2cccc(Br)n2)n1.Brc1cccc(Br)n1. The summed E-state index contributed by atoms with van der Waals surface area (Å²) in [7, 11) is 0.